The third kappa shape index (κ3) is 3.84. The number of hydrogen-bond donors (Lipinski definition) is 0. The fraction of sp³-hybridized carbons (Fsp3) is 0.545. The van der Waals surface area contributed by atoms with Gasteiger partial charge in [-0.1, -0.05) is 52.8 Å². The standard InChI is InChI=1S/C22H30O4/c1-7-16-12-13-22(6,21(16,4)5)14-25-20(24)17-10-8-9-11-18(17)26-19(23)15(2)3/h8-11,16H,2,7,12-14H2,1,3-6H3. The highest BCUT2D eigenvalue weighted by molar-refractivity contribution is 5.95. The number of esters is 2. The highest BCUT2D eigenvalue weighted by atomic mass is 16.5. The molecule has 1 aromatic carbocycles. The van der Waals surface area contributed by atoms with Crippen LogP contribution in [0.4, 0.5) is 0 Å². The number of hydrogen-bond acceptors (Lipinski definition) is 4. The molecule has 26 heavy (non-hydrogen) atoms. The third-order valence-electron chi connectivity index (χ3n) is 6.29. The Morgan fingerprint density at radius 3 is 2.46 bits per heavy atom. The van der Waals surface area contributed by atoms with E-state index in [1.54, 1.807) is 31.2 Å². The van der Waals surface area contributed by atoms with E-state index < -0.39 is 11.9 Å². The predicted molar refractivity (Wildman–Crippen MR) is 102 cm³/mol. The quantitative estimate of drug-likeness (QED) is 0.399. The largest absolute Gasteiger partial charge is 0.461 e. The van der Waals surface area contributed by atoms with E-state index in [2.05, 4.69) is 34.3 Å². The molecule has 0 radical (unpaired) electrons. The van der Waals surface area contributed by atoms with E-state index >= 15 is 0 Å². The van der Waals surface area contributed by atoms with Crippen molar-refractivity contribution in [1.82, 2.24) is 0 Å². The van der Waals surface area contributed by atoms with Gasteiger partial charge in [0.1, 0.15) is 11.3 Å². The van der Waals surface area contributed by atoms with Gasteiger partial charge in [0, 0.05) is 11.0 Å². The van der Waals surface area contributed by atoms with Crippen molar-refractivity contribution in [2.45, 2.75) is 53.9 Å². The molecule has 0 aromatic heterocycles. The van der Waals surface area contributed by atoms with Crippen molar-refractivity contribution in [1.29, 1.82) is 0 Å². The van der Waals surface area contributed by atoms with Crippen molar-refractivity contribution in [3.63, 3.8) is 0 Å². The summed E-state index contributed by atoms with van der Waals surface area (Å²) in [7, 11) is 0. The van der Waals surface area contributed by atoms with Gasteiger partial charge in [-0.05, 0) is 43.2 Å². The summed E-state index contributed by atoms with van der Waals surface area (Å²) in [5, 5.41) is 0. The van der Waals surface area contributed by atoms with Crippen LogP contribution < -0.4 is 4.74 Å². The van der Waals surface area contributed by atoms with Crippen molar-refractivity contribution in [3.05, 3.63) is 42.0 Å². The van der Waals surface area contributed by atoms with Crippen molar-refractivity contribution in [3.8, 4) is 5.75 Å². The maximum atomic E-state index is 12.6. The van der Waals surface area contributed by atoms with E-state index in [1.807, 2.05) is 0 Å². The third-order valence-corrected chi connectivity index (χ3v) is 6.29. The summed E-state index contributed by atoms with van der Waals surface area (Å²) in [5.74, 6) is -0.185. The fourth-order valence-corrected chi connectivity index (χ4v) is 3.86. The molecule has 4 nitrogen and oxygen atoms in total. The zero-order valence-corrected chi connectivity index (χ0v) is 16.6. The fourth-order valence-electron chi connectivity index (χ4n) is 3.86. The normalized spacial score (nSPS) is 24.1. The molecule has 2 unspecified atom stereocenters. The molecule has 1 saturated carbocycles. The molecule has 1 fully saturated rings. The number of para-hydroxylation sites is 1. The monoisotopic (exact) mass is 358 g/mol. The van der Waals surface area contributed by atoms with Gasteiger partial charge in [0.25, 0.3) is 0 Å². The van der Waals surface area contributed by atoms with Gasteiger partial charge in [0.05, 0.1) is 6.61 Å². The molecule has 0 spiro atoms. The van der Waals surface area contributed by atoms with Crippen LogP contribution in [0.2, 0.25) is 0 Å². The zero-order valence-electron chi connectivity index (χ0n) is 16.6. The highest BCUT2D eigenvalue weighted by Crippen LogP contribution is 2.57. The van der Waals surface area contributed by atoms with E-state index in [4.69, 9.17) is 9.47 Å². The summed E-state index contributed by atoms with van der Waals surface area (Å²) in [6.45, 7) is 14.4. The van der Waals surface area contributed by atoms with Gasteiger partial charge in [0.15, 0.2) is 0 Å². The molecule has 0 aliphatic heterocycles. The van der Waals surface area contributed by atoms with Gasteiger partial charge in [0.2, 0.25) is 0 Å². The summed E-state index contributed by atoms with van der Waals surface area (Å²) >= 11 is 0. The first-order chi connectivity index (χ1) is 12.1. The van der Waals surface area contributed by atoms with Crippen LogP contribution in [0, 0.1) is 16.7 Å². The lowest BCUT2D eigenvalue weighted by Gasteiger charge is -2.41. The summed E-state index contributed by atoms with van der Waals surface area (Å²) in [4.78, 5) is 24.4. The van der Waals surface area contributed by atoms with Gasteiger partial charge in [-0.15, -0.1) is 0 Å². The second kappa shape index (κ2) is 7.65. The molecule has 1 aromatic rings. The molecule has 1 aliphatic carbocycles. The molecule has 1 aliphatic rings. The molecule has 0 saturated heterocycles. The first kappa shape index (κ1) is 20.2. The van der Waals surface area contributed by atoms with E-state index in [-0.39, 0.29) is 27.7 Å². The van der Waals surface area contributed by atoms with Crippen LogP contribution in [0.1, 0.15) is 64.2 Å². The van der Waals surface area contributed by atoms with Crippen LogP contribution in [-0.2, 0) is 9.53 Å². The van der Waals surface area contributed by atoms with Gasteiger partial charge in [-0.3, -0.25) is 0 Å². The Bertz CT molecular complexity index is 704. The number of carbonyl (C=O) groups excluding carboxylic acids is 2. The Balaban J connectivity index is 2.12. The second-order valence-electron chi connectivity index (χ2n) is 8.17. The lowest BCUT2D eigenvalue weighted by Crippen LogP contribution is -2.38. The Morgan fingerprint density at radius 1 is 1.23 bits per heavy atom. The Hall–Kier alpha value is -2.10. The summed E-state index contributed by atoms with van der Waals surface area (Å²) < 4.78 is 10.9. The predicted octanol–water partition coefficient (Wildman–Crippen LogP) is 5.18. The average molecular weight is 358 g/mol. The Labute approximate surface area is 156 Å². The lowest BCUT2D eigenvalue weighted by molar-refractivity contribution is -0.130. The van der Waals surface area contributed by atoms with Crippen LogP contribution in [0.5, 0.6) is 5.75 Å². The van der Waals surface area contributed by atoms with Crippen molar-refractivity contribution in [2.75, 3.05) is 6.61 Å². The number of carbonyl (C=O) groups is 2. The molecule has 142 valence electrons. The summed E-state index contributed by atoms with van der Waals surface area (Å²) in [6, 6.07) is 6.64. The minimum atomic E-state index is -0.556. The maximum Gasteiger partial charge on any atom is 0.341 e. The van der Waals surface area contributed by atoms with Crippen LogP contribution in [0.3, 0.4) is 0 Å². The smallest absolute Gasteiger partial charge is 0.341 e. The van der Waals surface area contributed by atoms with Gasteiger partial charge in [-0.2, -0.15) is 0 Å². The van der Waals surface area contributed by atoms with Crippen LogP contribution in [0.15, 0.2) is 36.4 Å². The molecule has 0 amide bonds. The van der Waals surface area contributed by atoms with E-state index in [0.717, 1.165) is 19.3 Å². The zero-order chi connectivity index (χ0) is 19.5. The van der Waals surface area contributed by atoms with Gasteiger partial charge in [-0.25, -0.2) is 9.59 Å². The summed E-state index contributed by atoms with van der Waals surface area (Å²) in [5.41, 5.74) is 0.577. The molecule has 2 rings (SSSR count). The van der Waals surface area contributed by atoms with E-state index in [1.165, 1.54) is 0 Å². The molecule has 4 heteroatoms. The van der Waals surface area contributed by atoms with Gasteiger partial charge >= 0.3 is 11.9 Å². The number of rotatable bonds is 6. The molecule has 2 atom stereocenters. The number of ether oxygens (including phenoxy) is 2. The molecular formula is C22H30O4. The van der Waals surface area contributed by atoms with E-state index in [0.29, 0.717) is 12.5 Å². The minimum absolute atomic E-state index is 0.0628. The van der Waals surface area contributed by atoms with Crippen molar-refractivity contribution < 1.29 is 19.1 Å². The van der Waals surface area contributed by atoms with Crippen LogP contribution in [-0.4, -0.2) is 18.5 Å². The van der Waals surface area contributed by atoms with Gasteiger partial charge < -0.3 is 9.47 Å². The highest BCUT2D eigenvalue weighted by Gasteiger charge is 2.51. The number of benzene rings is 1. The van der Waals surface area contributed by atoms with Crippen LogP contribution in [0.25, 0.3) is 0 Å². The lowest BCUT2D eigenvalue weighted by atomic mass is 9.65. The molecule has 0 heterocycles. The SMILES string of the molecule is C=C(C)C(=O)Oc1ccccc1C(=O)OCC1(C)CCC(CC)C1(C)C. The Morgan fingerprint density at radius 2 is 1.88 bits per heavy atom. The van der Waals surface area contributed by atoms with Crippen molar-refractivity contribution in [2.24, 2.45) is 16.7 Å². The summed E-state index contributed by atoms with van der Waals surface area (Å²) in [6.07, 6.45) is 3.33. The minimum Gasteiger partial charge on any atom is -0.461 e. The Kier molecular flexibility index (Phi) is 5.94. The topological polar surface area (TPSA) is 52.6 Å². The van der Waals surface area contributed by atoms with Crippen LogP contribution >= 0.6 is 0 Å². The first-order valence-corrected chi connectivity index (χ1v) is 9.26. The maximum absolute atomic E-state index is 12.6. The molecule has 0 bridgehead atoms. The van der Waals surface area contributed by atoms with Crippen molar-refractivity contribution >= 4 is 11.9 Å². The first-order valence-electron chi connectivity index (χ1n) is 9.26. The second-order valence-corrected chi connectivity index (χ2v) is 8.17. The van der Waals surface area contributed by atoms with E-state index in [9.17, 15) is 9.59 Å². The molecule has 0 N–H and O–H groups in total. The molecular weight excluding hydrogens is 328 g/mol. The average Bonchev–Trinajstić information content (AvgIpc) is 2.82.